The number of carbonyl (C=O) groups excluding carboxylic acids is 4. The van der Waals surface area contributed by atoms with Crippen molar-refractivity contribution in [2.75, 3.05) is 31.2 Å². The Morgan fingerprint density at radius 2 is 1.70 bits per heavy atom. The molecule has 2 aromatic rings. The molecule has 0 radical (unpaired) electrons. The number of para-hydroxylation sites is 1. The van der Waals surface area contributed by atoms with Crippen LogP contribution in [0.5, 0.6) is 0 Å². The third-order valence-electron chi connectivity index (χ3n) is 9.52. The third kappa shape index (κ3) is 6.46. The molecule has 1 spiro atoms. The zero-order valence-corrected chi connectivity index (χ0v) is 26.9. The number of hydrogen-bond acceptors (Lipinski definition) is 7. The molecule has 10 nitrogen and oxygen atoms in total. The highest BCUT2D eigenvalue weighted by atomic mass is 35.5. The number of rotatable bonds is 8. The minimum absolute atomic E-state index is 0.0614. The summed E-state index contributed by atoms with van der Waals surface area (Å²) in [6.07, 6.45) is 9.65. The lowest BCUT2D eigenvalue weighted by Gasteiger charge is -2.35. The van der Waals surface area contributed by atoms with Crippen molar-refractivity contribution < 1.29 is 33.8 Å². The second kappa shape index (κ2) is 14.4. The van der Waals surface area contributed by atoms with Crippen molar-refractivity contribution in [3.8, 4) is 0 Å². The minimum atomic E-state index is -1.42. The summed E-state index contributed by atoms with van der Waals surface area (Å²) in [6.45, 7) is 0.537. The predicted molar refractivity (Wildman–Crippen MR) is 175 cm³/mol. The first kappa shape index (κ1) is 32.9. The molecule has 0 aliphatic carbocycles. The van der Waals surface area contributed by atoms with Crippen LogP contribution in [-0.2, 0) is 28.7 Å². The summed E-state index contributed by atoms with van der Waals surface area (Å²) < 4.78 is 12.3. The molecule has 0 unspecified atom stereocenters. The zero-order valence-electron chi connectivity index (χ0n) is 26.1. The molecule has 4 aliphatic heterocycles. The number of unbranched alkanes of at least 4 members (excludes halogenated alkanes) is 3. The van der Waals surface area contributed by atoms with Crippen molar-refractivity contribution in [1.82, 2.24) is 10.2 Å². The minimum Gasteiger partial charge on any atom is -0.463 e. The van der Waals surface area contributed by atoms with Gasteiger partial charge in [0.25, 0.3) is 5.91 Å². The summed E-state index contributed by atoms with van der Waals surface area (Å²) in [6, 6.07) is 14.6. The molecule has 11 heteroatoms. The van der Waals surface area contributed by atoms with Gasteiger partial charge in [0.05, 0.1) is 34.7 Å². The SMILES string of the molecule is O=C1CC/C=C\[C@H]2O[C@]34C=CCN(c5ccccc5Cl)C(=O)[C@H]3N(CCCCCCO)C(=O)[C@@H]4[C@H]2C(=O)N[C@H](c2ccccc2)CO1. The number of aliphatic hydroxyl groups is 1. The lowest BCUT2D eigenvalue weighted by Crippen LogP contribution is -2.55. The maximum Gasteiger partial charge on any atom is 0.306 e. The molecule has 2 saturated heterocycles. The van der Waals surface area contributed by atoms with Gasteiger partial charge in [0.15, 0.2) is 0 Å². The van der Waals surface area contributed by atoms with E-state index in [0.717, 1.165) is 18.4 Å². The largest absolute Gasteiger partial charge is 0.463 e. The van der Waals surface area contributed by atoms with Crippen LogP contribution in [-0.4, -0.2) is 77.7 Å². The van der Waals surface area contributed by atoms with E-state index in [9.17, 15) is 24.3 Å². The molecule has 248 valence electrons. The zero-order chi connectivity index (χ0) is 33.0. The fourth-order valence-corrected chi connectivity index (χ4v) is 7.55. The van der Waals surface area contributed by atoms with Crippen LogP contribution in [0.2, 0.25) is 5.02 Å². The third-order valence-corrected chi connectivity index (χ3v) is 9.84. The van der Waals surface area contributed by atoms with Crippen LogP contribution in [0.3, 0.4) is 0 Å². The van der Waals surface area contributed by atoms with E-state index in [4.69, 9.17) is 21.1 Å². The van der Waals surface area contributed by atoms with E-state index in [2.05, 4.69) is 5.32 Å². The molecule has 2 N–H and O–H groups in total. The smallest absolute Gasteiger partial charge is 0.306 e. The molecule has 2 aromatic carbocycles. The van der Waals surface area contributed by atoms with Crippen molar-refractivity contribution in [2.24, 2.45) is 11.8 Å². The second-order valence-corrected chi connectivity index (χ2v) is 12.8. The van der Waals surface area contributed by atoms with E-state index in [1.54, 1.807) is 52.3 Å². The number of allylic oxidation sites excluding steroid dienone is 1. The van der Waals surface area contributed by atoms with Crippen molar-refractivity contribution in [3.05, 3.63) is 89.5 Å². The van der Waals surface area contributed by atoms with Gasteiger partial charge in [0.2, 0.25) is 11.8 Å². The van der Waals surface area contributed by atoms with Gasteiger partial charge in [0, 0.05) is 26.1 Å². The summed E-state index contributed by atoms with van der Waals surface area (Å²) in [5.74, 6) is -3.39. The molecule has 6 rings (SSSR count). The number of cyclic esters (lactones) is 1. The van der Waals surface area contributed by atoms with Gasteiger partial charge >= 0.3 is 5.97 Å². The molecule has 0 saturated carbocycles. The number of carbonyl (C=O) groups is 4. The molecule has 4 aliphatic rings. The molecular weight excluding hydrogens is 622 g/mol. The number of halogens is 1. The van der Waals surface area contributed by atoms with Crippen LogP contribution in [0.15, 0.2) is 78.9 Å². The van der Waals surface area contributed by atoms with Crippen LogP contribution in [0.4, 0.5) is 5.69 Å². The molecule has 47 heavy (non-hydrogen) atoms. The van der Waals surface area contributed by atoms with Crippen LogP contribution in [0.1, 0.15) is 50.1 Å². The lowest BCUT2D eigenvalue weighted by atomic mass is 9.77. The van der Waals surface area contributed by atoms with Gasteiger partial charge in [-0.3, -0.25) is 19.2 Å². The maximum atomic E-state index is 14.7. The number of ether oxygens (including phenoxy) is 2. The number of amides is 3. The number of fused-ring (bicyclic) bond motifs is 2. The highest BCUT2D eigenvalue weighted by molar-refractivity contribution is 6.34. The Morgan fingerprint density at radius 3 is 2.49 bits per heavy atom. The van der Waals surface area contributed by atoms with E-state index in [-0.39, 0.29) is 44.0 Å². The van der Waals surface area contributed by atoms with Crippen LogP contribution in [0, 0.1) is 11.8 Å². The van der Waals surface area contributed by atoms with Crippen LogP contribution in [0.25, 0.3) is 0 Å². The van der Waals surface area contributed by atoms with Gasteiger partial charge in [-0.2, -0.15) is 0 Å². The maximum absolute atomic E-state index is 14.7. The average molecular weight is 662 g/mol. The Labute approximate surface area is 279 Å². The molecule has 3 amide bonds. The molecule has 0 aromatic heterocycles. The second-order valence-electron chi connectivity index (χ2n) is 12.4. The van der Waals surface area contributed by atoms with E-state index in [1.807, 2.05) is 36.4 Å². The average Bonchev–Trinajstić information content (AvgIpc) is 3.45. The Bertz CT molecular complexity index is 1550. The summed E-state index contributed by atoms with van der Waals surface area (Å²) in [4.78, 5) is 59.3. The number of benzene rings is 2. The van der Waals surface area contributed by atoms with Crippen molar-refractivity contribution in [3.63, 3.8) is 0 Å². The molecule has 0 bridgehead atoms. The number of anilines is 1. The number of aliphatic hydroxyl groups excluding tert-OH is 1. The van der Waals surface area contributed by atoms with E-state index < -0.39 is 41.5 Å². The summed E-state index contributed by atoms with van der Waals surface area (Å²) in [5.41, 5.74) is -0.134. The highest BCUT2D eigenvalue weighted by Crippen LogP contribution is 2.53. The Morgan fingerprint density at radius 1 is 0.936 bits per heavy atom. The number of likely N-dealkylation sites (tertiary alicyclic amines) is 1. The fraction of sp³-hybridized carbons (Fsp3) is 0.444. The standard InChI is InChI=1S/C36H40ClN3O7/c37-25-15-6-7-16-27(25)39-21-12-19-36-31(34(44)40(32(36)35(39)45)20-10-1-2-11-22-41)30-28(47-36)17-8-9-18-29(42)46-23-26(38-33(30)43)24-13-4-3-5-14-24/h3-8,12-17,19,26,28,30-32,41H,1-2,9-11,18,20-23H2,(H,38,43)/b17-8-/t26-,28+,30-,31-,32+,36-/m0/s1. The van der Waals surface area contributed by atoms with Gasteiger partial charge < -0.3 is 29.7 Å². The predicted octanol–water partition coefficient (Wildman–Crippen LogP) is 4.13. The Balaban J connectivity index is 1.40. The normalized spacial score (nSPS) is 30.0. The molecule has 4 heterocycles. The Hall–Kier alpha value is -3.99. The number of hydrogen-bond donors (Lipinski definition) is 2. The number of nitrogens with one attached hydrogen (secondary N) is 1. The number of esters is 1. The van der Waals surface area contributed by atoms with Gasteiger partial charge in [-0.05, 0) is 37.0 Å². The van der Waals surface area contributed by atoms with E-state index >= 15 is 0 Å². The summed E-state index contributed by atoms with van der Waals surface area (Å²) in [7, 11) is 0. The first-order valence-corrected chi connectivity index (χ1v) is 16.7. The first-order chi connectivity index (χ1) is 22.9. The van der Waals surface area contributed by atoms with Crippen molar-refractivity contribution in [1.29, 1.82) is 0 Å². The fourth-order valence-electron chi connectivity index (χ4n) is 7.31. The quantitative estimate of drug-likeness (QED) is 0.248. The van der Waals surface area contributed by atoms with Gasteiger partial charge in [-0.25, -0.2) is 0 Å². The van der Waals surface area contributed by atoms with Gasteiger partial charge in [0.1, 0.15) is 18.2 Å². The molecular formula is C36H40ClN3O7. The summed E-state index contributed by atoms with van der Waals surface area (Å²) >= 11 is 6.57. The Kier molecular flexibility index (Phi) is 10.1. The van der Waals surface area contributed by atoms with Gasteiger partial charge in [-0.15, -0.1) is 0 Å². The van der Waals surface area contributed by atoms with Crippen molar-refractivity contribution >= 4 is 41.0 Å². The topological polar surface area (TPSA) is 125 Å². The van der Waals surface area contributed by atoms with Gasteiger partial charge in [-0.1, -0.05) is 91.2 Å². The van der Waals surface area contributed by atoms with E-state index in [0.29, 0.717) is 36.5 Å². The van der Waals surface area contributed by atoms with Crippen LogP contribution >= 0.6 is 11.6 Å². The number of nitrogens with zero attached hydrogens (tertiary/aromatic N) is 2. The lowest BCUT2D eigenvalue weighted by molar-refractivity contribution is -0.146. The first-order valence-electron chi connectivity index (χ1n) is 16.4. The monoisotopic (exact) mass is 661 g/mol. The summed E-state index contributed by atoms with van der Waals surface area (Å²) in [5, 5.41) is 12.7. The van der Waals surface area contributed by atoms with Crippen molar-refractivity contribution in [2.45, 2.75) is 62.3 Å². The molecule has 2 fully saturated rings. The van der Waals surface area contributed by atoms with Crippen LogP contribution < -0.4 is 10.2 Å². The highest BCUT2D eigenvalue weighted by Gasteiger charge is 2.71. The molecule has 6 atom stereocenters. The van der Waals surface area contributed by atoms with E-state index in [1.165, 1.54) is 0 Å².